The van der Waals surface area contributed by atoms with Crippen LogP contribution in [0.25, 0.3) is 0 Å². The summed E-state index contributed by atoms with van der Waals surface area (Å²) in [5.74, 6) is 3.84. The van der Waals surface area contributed by atoms with Crippen LogP contribution in [0.4, 0.5) is 0 Å². The van der Waals surface area contributed by atoms with Crippen LogP contribution in [0.3, 0.4) is 0 Å². The summed E-state index contributed by atoms with van der Waals surface area (Å²) in [6, 6.07) is 7.03. The van der Waals surface area contributed by atoms with Crippen LogP contribution >= 0.6 is 0 Å². The van der Waals surface area contributed by atoms with Gasteiger partial charge in [-0.3, -0.25) is 0 Å². The van der Waals surface area contributed by atoms with E-state index < -0.39 is 0 Å². The predicted molar refractivity (Wildman–Crippen MR) is 103 cm³/mol. The minimum absolute atomic E-state index is 0.557. The van der Waals surface area contributed by atoms with Crippen molar-refractivity contribution in [3.05, 3.63) is 35.4 Å². The van der Waals surface area contributed by atoms with Crippen molar-refractivity contribution in [2.24, 2.45) is 11.8 Å². The summed E-state index contributed by atoms with van der Waals surface area (Å²) in [7, 11) is 3.42. The number of hydrogen-bond acceptors (Lipinski definition) is 4. The van der Waals surface area contributed by atoms with E-state index >= 15 is 0 Å². The Balaban J connectivity index is 1.52. The van der Waals surface area contributed by atoms with E-state index in [0.717, 1.165) is 49.5 Å². The van der Waals surface area contributed by atoms with E-state index in [1.165, 1.54) is 36.8 Å². The zero-order valence-corrected chi connectivity index (χ0v) is 16.0. The van der Waals surface area contributed by atoms with Crippen LogP contribution < -0.4 is 14.8 Å². The average Bonchev–Trinajstić information content (AvgIpc) is 2.69. The van der Waals surface area contributed by atoms with Gasteiger partial charge in [-0.05, 0) is 54.4 Å². The minimum Gasteiger partial charge on any atom is -0.493 e. The van der Waals surface area contributed by atoms with Gasteiger partial charge in [-0.15, -0.1) is 0 Å². The molecule has 3 aliphatic rings. The SMILES string of the molecule is COc1ccc([C@H]2[C@@H]3CCCC[C@H]3[C@@H]2NCC2=CCCOC2)cc1OC. The molecule has 2 saturated carbocycles. The van der Waals surface area contributed by atoms with Crippen LogP contribution in [0.15, 0.2) is 29.8 Å². The lowest BCUT2D eigenvalue weighted by molar-refractivity contribution is 0.0270. The average molecular weight is 357 g/mol. The van der Waals surface area contributed by atoms with Crippen molar-refractivity contribution in [2.75, 3.05) is 34.0 Å². The number of methoxy groups -OCH3 is 2. The molecular formula is C22H31NO3. The third-order valence-electron chi connectivity index (χ3n) is 6.52. The van der Waals surface area contributed by atoms with Crippen LogP contribution in [0.5, 0.6) is 11.5 Å². The van der Waals surface area contributed by atoms with E-state index in [1.807, 2.05) is 0 Å². The van der Waals surface area contributed by atoms with Gasteiger partial charge in [0.05, 0.1) is 27.4 Å². The molecule has 1 N–H and O–H groups in total. The third kappa shape index (κ3) is 3.37. The molecule has 4 heteroatoms. The number of rotatable bonds is 6. The van der Waals surface area contributed by atoms with Gasteiger partial charge < -0.3 is 19.5 Å². The second-order valence-corrected chi connectivity index (χ2v) is 7.86. The molecule has 0 spiro atoms. The Morgan fingerprint density at radius 1 is 1.08 bits per heavy atom. The third-order valence-corrected chi connectivity index (χ3v) is 6.52. The fraction of sp³-hybridized carbons (Fsp3) is 0.636. The molecule has 142 valence electrons. The molecule has 0 unspecified atom stereocenters. The summed E-state index contributed by atoms with van der Waals surface area (Å²) in [5.41, 5.74) is 2.79. The van der Waals surface area contributed by atoms with Gasteiger partial charge in [-0.2, -0.15) is 0 Å². The fourth-order valence-corrected chi connectivity index (χ4v) is 5.24. The van der Waals surface area contributed by atoms with Crippen LogP contribution in [0, 0.1) is 11.8 Å². The van der Waals surface area contributed by atoms with E-state index in [-0.39, 0.29) is 0 Å². The topological polar surface area (TPSA) is 39.7 Å². The van der Waals surface area contributed by atoms with Crippen molar-refractivity contribution in [1.82, 2.24) is 5.32 Å². The molecule has 0 saturated heterocycles. The normalized spacial score (nSPS) is 30.8. The van der Waals surface area contributed by atoms with Crippen LogP contribution in [-0.2, 0) is 4.74 Å². The molecule has 4 atom stereocenters. The Labute approximate surface area is 156 Å². The van der Waals surface area contributed by atoms with Gasteiger partial charge >= 0.3 is 0 Å². The summed E-state index contributed by atoms with van der Waals surface area (Å²) >= 11 is 0. The Kier molecular flexibility index (Phi) is 5.51. The highest BCUT2D eigenvalue weighted by Gasteiger charge is 2.51. The van der Waals surface area contributed by atoms with Crippen molar-refractivity contribution in [3.63, 3.8) is 0 Å². The van der Waals surface area contributed by atoms with Crippen molar-refractivity contribution >= 4 is 0 Å². The smallest absolute Gasteiger partial charge is 0.160 e. The lowest BCUT2D eigenvalue weighted by atomic mass is 9.53. The highest BCUT2D eigenvalue weighted by Crippen LogP contribution is 2.55. The summed E-state index contributed by atoms with van der Waals surface area (Å²) in [6.07, 6.45) is 8.86. The number of benzene rings is 1. The molecule has 2 aliphatic carbocycles. The van der Waals surface area contributed by atoms with Gasteiger partial charge in [-0.25, -0.2) is 0 Å². The molecule has 4 rings (SSSR count). The quantitative estimate of drug-likeness (QED) is 0.784. The van der Waals surface area contributed by atoms with Crippen LogP contribution in [0.1, 0.15) is 43.6 Å². The van der Waals surface area contributed by atoms with Gasteiger partial charge in [0.2, 0.25) is 0 Å². The molecule has 4 nitrogen and oxygen atoms in total. The molecule has 1 aromatic carbocycles. The van der Waals surface area contributed by atoms with Crippen molar-refractivity contribution in [2.45, 2.75) is 44.1 Å². The first-order valence-electron chi connectivity index (χ1n) is 10.0. The highest BCUT2D eigenvalue weighted by atomic mass is 16.5. The zero-order chi connectivity index (χ0) is 17.9. The largest absolute Gasteiger partial charge is 0.493 e. The number of fused-ring (bicyclic) bond motifs is 1. The van der Waals surface area contributed by atoms with E-state index in [0.29, 0.717) is 12.0 Å². The molecule has 1 aromatic rings. The summed E-state index contributed by atoms with van der Waals surface area (Å²) < 4.78 is 16.6. The Morgan fingerprint density at radius 3 is 2.62 bits per heavy atom. The molecule has 0 amide bonds. The summed E-state index contributed by atoms with van der Waals surface area (Å²) in [5, 5.41) is 3.88. The summed E-state index contributed by atoms with van der Waals surface area (Å²) in [4.78, 5) is 0. The fourth-order valence-electron chi connectivity index (χ4n) is 5.24. The molecule has 0 aromatic heterocycles. The Bertz CT molecular complexity index is 657. The van der Waals surface area contributed by atoms with E-state index in [4.69, 9.17) is 14.2 Å². The van der Waals surface area contributed by atoms with Crippen LogP contribution in [-0.4, -0.2) is 40.0 Å². The van der Waals surface area contributed by atoms with E-state index in [1.54, 1.807) is 14.2 Å². The first kappa shape index (κ1) is 17.9. The lowest BCUT2D eigenvalue weighted by Crippen LogP contribution is -2.58. The minimum atomic E-state index is 0.557. The molecule has 0 bridgehead atoms. The van der Waals surface area contributed by atoms with Crippen molar-refractivity contribution < 1.29 is 14.2 Å². The monoisotopic (exact) mass is 357 g/mol. The lowest BCUT2D eigenvalue weighted by Gasteiger charge is -2.55. The van der Waals surface area contributed by atoms with E-state index in [9.17, 15) is 0 Å². The second-order valence-electron chi connectivity index (χ2n) is 7.86. The van der Waals surface area contributed by atoms with Gasteiger partial charge in [0.1, 0.15) is 0 Å². The molecule has 1 heterocycles. The van der Waals surface area contributed by atoms with E-state index in [2.05, 4.69) is 29.6 Å². The van der Waals surface area contributed by atoms with Crippen molar-refractivity contribution in [3.8, 4) is 11.5 Å². The molecule has 2 fully saturated rings. The van der Waals surface area contributed by atoms with Gasteiger partial charge in [0.15, 0.2) is 11.5 Å². The Morgan fingerprint density at radius 2 is 1.88 bits per heavy atom. The Hall–Kier alpha value is -1.52. The molecule has 26 heavy (non-hydrogen) atoms. The van der Waals surface area contributed by atoms with Gasteiger partial charge in [-0.1, -0.05) is 25.0 Å². The molecular weight excluding hydrogens is 326 g/mol. The second kappa shape index (κ2) is 8.01. The zero-order valence-electron chi connectivity index (χ0n) is 16.0. The maximum absolute atomic E-state index is 5.60. The number of nitrogens with one attached hydrogen (secondary N) is 1. The maximum Gasteiger partial charge on any atom is 0.160 e. The highest BCUT2D eigenvalue weighted by molar-refractivity contribution is 5.45. The predicted octanol–water partition coefficient (Wildman–Crippen LogP) is 3.91. The van der Waals surface area contributed by atoms with Crippen LogP contribution in [0.2, 0.25) is 0 Å². The van der Waals surface area contributed by atoms with Gasteiger partial charge in [0.25, 0.3) is 0 Å². The van der Waals surface area contributed by atoms with Crippen molar-refractivity contribution in [1.29, 1.82) is 0 Å². The van der Waals surface area contributed by atoms with Gasteiger partial charge in [0, 0.05) is 18.5 Å². The summed E-state index contributed by atoms with van der Waals surface area (Å²) in [6.45, 7) is 2.61. The molecule has 1 aliphatic heterocycles. The first-order valence-corrected chi connectivity index (χ1v) is 10.0. The molecule has 0 radical (unpaired) electrons. The maximum atomic E-state index is 5.60. The number of ether oxygens (including phenoxy) is 3. The standard InChI is InChI=1S/C22H31NO3/c1-24-19-10-9-16(12-20(19)25-2)21-17-7-3-4-8-18(17)22(21)23-13-15-6-5-11-26-14-15/h6,9-10,12,17-18,21-23H,3-5,7-8,11,13-14H2,1-2H3/t17-,18-,21+,22+/m1/s1. The first-order chi connectivity index (χ1) is 12.8. The number of hydrogen-bond donors (Lipinski definition) is 1.